The van der Waals surface area contributed by atoms with Crippen molar-refractivity contribution in [1.29, 1.82) is 0 Å². The standard InChI is InChI=1S/C17H31N3O2/c1-3-10-20-11-8-15(9-12-20)19-17(22)16(18-13(2)21)14-6-4-5-7-14/h14-16H,3-12H2,1-2H3,(H,18,21)(H,19,22)/t16-/m1/s1. The maximum absolute atomic E-state index is 12.6. The maximum Gasteiger partial charge on any atom is 0.243 e. The zero-order chi connectivity index (χ0) is 15.9. The second kappa shape index (κ2) is 8.51. The van der Waals surface area contributed by atoms with Gasteiger partial charge in [-0.15, -0.1) is 0 Å². The van der Waals surface area contributed by atoms with Gasteiger partial charge in [-0.3, -0.25) is 9.59 Å². The van der Waals surface area contributed by atoms with Crippen LogP contribution in [0.5, 0.6) is 0 Å². The monoisotopic (exact) mass is 309 g/mol. The van der Waals surface area contributed by atoms with Crippen LogP contribution < -0.4 is 10.6 Å². The number of nitrogens with one attached hydrogen (secondary N) is 2. The molecule has 5 nitrogen and oxygen atoms in total. The van der Waals surface area contributed by atoms with E-state index in [2.05, 4.69) is 22.5 Å². The van der Waals surface area contributed by atoms with Crippen molar-refractivity contribution in [1.82, 2.24) is 15.5 Å². The van der Waals surface area contributed by atoms with Crippen molar-refractivity contribution in [2.45, 2.75) is 70.9 Å². The molecule has 0 spiro atoms. The van der Waals surface area contributed by atoms with Crippen molar-refractivity contribution in [3.63, 3.8) is 0 Å². The highest BCUT2D eigenvalue weighted by Crippen LogP contribution is 2.28. The first-order chi connectivity index (χ1) is 10.6. The quantitative estimate of drug-likeness (QED) is 0.784. The molecule has 2 aliphatic rings. The Kier molecular flexibility index (Phi) is 6.68. The minimum atomic E-state index is -0.339. The summed E-state index contributed by atoms with van der Waals surface area (Å²) in [7, 11) is 0. The van der Waals surface area contributed by atoms with Crippen molar-refractivity contribution in [2.75, 3.05) is 19.6 Å². The van der Waals surface area contributed by atoms with Gasteiger partial charge in [-0.1, -0.05) is 19.8 Å². The summed E-state index contributed by atoms with van der Waals surface area (Å²) in [5, 5.41) is 6.06. The fraction of sp³-hybridized carbons (Fsp3) is 0.882. The first-order valence-corrected chi connectivity index (χ1v) is 8.90. The Balaban J connectivity index is 1.84. The van der Waals surface area contributed by atoms with Crippen LogP contribution in [0.4, 0.5) is 0 Å². The fourth-order valence-corrected chi connectivity index (χ4v) is 3.82. The highest BCUT2D eigenvalue weighted by atomic mass is 16.2. The predicted octanol–water partition coefficient (Wildman–Crippen LogP) is 1.67. The predicted molar refractivity (Wildman–Crippen MR) is 87.5 cm³/mol. The molecule has 2 N–H and O–H groups in total. The molecular weight excluding hydrogens is 278 g/mol. The lowest BCUT2D eigenvalue weighted by Crippen LogP contribution is -2.54. The molecule has 1 saturated heterocycles. The molecule has 0 bridgehead atoms. The molecule has 22 heavy (non-hydrogen) atoms. The number of carbonyl (C=O) groups is 2. The van der Waals surface area contributed by atoms with Gasteiger partial charge in [0.15, 0.2) is 0 Å². The Bertz CT molecular complexity index is 372. The van der Waals surface area contributed by atoms with Gasteiger partial charge in [-0.05, 0) is 44.6 Å². The minimum absolute atomic E-state index is 0.0241. The number of carbonyl (C=O) groups excluding carboxylic acids is 2. The highest BCUT2D eigenvalue weighted by Gasteiger charge is 2.32. The van der Waals surface area contributed by atoms with Gasteiger partial charge in [-0.2, -0.15) is 0 Å². The molecule has 1 aliphatic carbocycles. The van der Waals surface area contributed by atoms with Gasteiger partial charge in [0, 0.05) is 26.1 Å². The van der Waals surface area contributed by atoms with E-state index in [-0.39, 0.29) is 23.9 Å². The Hall–Kier alpha value is -1.10. The van der Waals surface area contributed by atoms with E-state index in [1.807, 2.05) is 0 Å². The molecule has 1 atom stereocenters. The molecule has 0 aromatic heterocycles. The molecule has 5 heteroatoms. The molecule has 0 aromatic carbocycles. The van der Waals surface area contributed by atoms with Crippen LogP contribution in [0.3, 0.4) is 0 Å². The Morgan fingerprint density at radius 1 is 1.14 bits per heavy atom. The summed E-state index contributed by atoms with van der Waals surface area (Å²) in [6.07, 6.45) is 7.66. The van der Waals surface area contributed by atoms with Gasteiger partial charge in [0.25, 0.3) is 0 Å². The van der Waals surface area contributed by atoms with Crippen LogP contribution in [-0.4, -0.2) is 48.4 Å². The summed E-state index contributed by atoms with van der Waals surface area (Å²) < 4.78 is 0. The van der Waals surface area contributed by atoms with E-state index < -0.39 is 0 Å². The first kappa shape index (κ1) is 17.3. The molecule has 126 valence electrons. The molecular formula is C17H31N3O2. The number of piperidine rings is 1. The SMILES string of the molecule is CCCN1CCC(NC(=O)[C@H](NC(C)=O)C2CCCC2)CC1. The third-order valence-electron chi connectivity index (χ3n) is 4.99. The van der Waals surface area contributed by atoms with Gasteiger partial charge < -0.3 is 15.5 Å². The zero-order valence-electron chi connectivity index (χ0n) is 14.1. The largest absolute Gasteiger partial charge is 0.351 e. The van der Waals surface area contributed by atoms with Crippen LogP contribution in [0, 0.1) is 5.92 Å². The van der Waals surface area contributed by atoms with Crippen LogP contribution in [0.2, 0.25) is 0 Å². The summed E-state index contributed by atoms with van der Waals surface area (Å²) in [6, 6.07) is -0.0769. The number of nitrogens with zero attached hydrogens (tertiary/aromatic N) is 1. The third-order valence-corrected chi connectivity index (χ3v) is 4.99. The lowest BCUT2D eigenvalue weighted by Gasteiger charge is -2.33. The van der Waals surface area contributed by atoms with E-state index in [0.29, 0.717) is 5.92 Å². The second-order valence-electron chi connectivity index (χ2n) is 6.85. The van der Waals surface area contributed by atoms with Gasteiger partial charge in [0.2, 0.25) is 11.8 Å². The van der Waals surface area contributed by atoms with Crippen molar-refractivity contribution in [2.24, 2.45) is 5.92 Å². The summed E-state index contributed by atoms with van der Waals surface area (Å²) >= 11 is 0. The average Bonchev–Trinajstić information content (AvgIpc) is 3.01. The lowest BCUT2D eigenvalue weighted by molar-refractivity contribution is -0.130. The van der Waals surface area contributed by atoms with Gasteiger partial charge in [0.1, 0.15) is 6.04 Å². The van der Waals surface area contributed by atoms with Crippen molar-refractivity contribution >= 4 is 11.8 Å². The normalized spacial score (nSPS) is 22.5. The number of hydrogen-bond acceptors (Lipinski definition) is 3. The number of amides is 2. The van der Waals surface area contributed by atoms with E-state index >= 15 is 0 Å². The third kappa shape index (κ3) is 4.97. The van der Waals surface area contributed by atoms with E-state index in [0.717, 1.165) is 45.3 Å². The topological polar surface area (TPSA) is 61.4 Å². The number of likely N-dealkylation sites (tertiary alicyclic amines) is 1. The smallest absolute Gasteiger partial charge is 0.243 e. The average molecular weight is 309 g/mol. The molecule has 0 radical (unpaired) electrons. The number of rotatable bonds is 6. The maximum atomic E-state index is 12.6. The summed E-state index contributed by atoms with van der Waals surface area (Å²) in [4.78, 5) is 26.5. The Morgan fingerprint density at radius 2 is 1.77 bits per heavy atom. The summed E-state index contributed by atoms with van der Waals surface area (Å²) in [5.41, 5.74) is 0. The van der Waals surface area contributed by atoms with Crippen LogP contribution in [-0.2, 0) is 9.59 Å². The molecule has 0 unspecified atom stereocenters. The van der Waals surface area contributed by atoms with Gasteiger partial charge in [-0.25, -0.2) is 0 Å². The highest BCUT2D eigenvalue weighted by molar-refractivity contribution is 5.87. The fourth-order valence-electron chi connectivity index (χ4n) is 3.82. The van der Waals surface area contributed by atoms with E-state index in [1.165, 1.54) is 26.2 Å². The molecule has 2 rings (SSSR count). The van der Waals surface area contributed by atoms with Crippen LogP contribution in [0.1, 0.15) is 58.8 Å². The van der Waals surface area contributed by atoms with Crippen LogP contribution in [0.15, 0.2) is 0 Å². The van der Waals surface area contributed by atoms with Crippen molar-refractivity contribution in [3.8, 4) is 0 Å². The lowest BCUT2D eigenvalue weighted by atomic mass is 9.96. The van der Waals surface area contributed by atoms with Crippen LogP contribution >= 0.6 is 0 Å². The first-order valence-electron chi connectivity index (χ1n) is 8.90. The Morgan fingerprint density at radius 3 is 2.32 bits per heavy atom. The van der Waals surface area contributed by atoms with E-state index in [4.69, 9.17) is 0 Å². The molecule has 1 heterocycles. The van der Waals surface area contributed by atoms with Crippen molar-refractivity contribution < 1.29 is 9.59 Å². The van der Waals surface area contributed by atoms with Gasteiger partial charge >= 0.3 is 0 Å². The second-order valence-corrected chi connectivity index (χ2v) is 6.85. The van der Waals surface area contributed by atoms with Gasteiger partial charge in [0.05, 0.1) is 0 Å². The van der Waals surface area contributed by atoms with Crippen LogP contribution in [0.25, 0.3) is 0 Å². The van der Waals surface area contributed by atoms with E-state index in [1.54, 1.807) is 0 Å². The van der Waals surface area contributed by atoms with Crippen molar-refractivity contribution in [3.05, 3.63) is 0 Å². The Labute approximate surface area is 134 Å². The molecule has 2 amide bonds. The molecule has 1 saturated carbocycles. The molecule has 1 aliphatic heterocycles. The number of hydrogen-bond donors (Lipinski definition) is 2. The summed E-state index contributed by atoms with van der Waals surface area (Å²) in [6.45, 7) is 6.98. The van der Waals surface area contributed by atoms with E-state index in [9.17, 15) is 9.59 Å². The minimum Gasteiger partial charge on any atom is -0.351 e. The zero-order valence-corrected chi connectivity index (χ0v) is 14.1. The summed E-state index contributed by atoms with van der Waals surface area (Å²) in [5.74, 6) is 0.227. The molecule has 2 fully saturated rings. The molecule has 0 aromatic rings.